The first kappa shape index (κ1) is 14.5. The minimum atomic E-state index is -4.00. The van der Waals surface area contributed by atoms with Gasteiger partial charge in [0.1, 0.15) is 0 Å². The van der Waals surface area contributed by atoms with Crippen molar-refractivity contribution in [1.29, 1.82) is 0 Å². The highest BCUT2D eigenvalue weighted by atomic mass is 32.2. The molecule has 0 bridgehead atoms. The first-order chi connectivity index (χ1) is 8.55. The van der Waals surface area contributed by atoms with Crippen molar-refractivity contribution in [1.82, 2.24) is 5.32 Å². The van der Waals surface area contributed by atoms with Crippen molar-refractivity contribution >= 4 is 11.8 Å². The topological polar surface area (TPSA) is 12.0 Å². The van der Waals surface area contributed by atoms with Crippen LogP contribution in [0.1, 0.15) is 44.9 Å². The molecular weight excluding hydrogens is 259 g/mol. The third kappa shape index (κ3) is 4.34. The molecule has 1 heterocycles. The fourth-order valence-electron chi connectivity index (χ4n) is 2.94. The van der Waals surface area contributed by atoms with Crippen molar-refractivity contribution in [3.05, 3.63) is 0 Å². The highest BCUT2D eigenvalue weighted by molar-refractivity contribution is 7.99. The van der Waals surface area contributed by atoms with Gasteiger partial charge >= 0.3 is 6.18 Å². The van der Waals surface area contributed by atoms with Crippen LogP contribution in [0.4, 0.5) is 13.2 Å². The lowest BCUT2D eigenvalue weighted by Crippen LogP contribution is -2.41. The number of nitrogens with one attached hydrogen (secondary N) is 1. The van der Waals surface area contributed by atoms with E-state index in [-0.39, 0.29) is 12.5 Å². The van der Waals surface area contributed by atoms with Crippen LogP contribution < -0.4 is 5.32 Å². The summed E-state index contributed by atoms with van der Waals surface area (Å²) in [5, 5.41) is 3.99. The lowest BCUT2D eigenvalue weighted by Gasteiger charge is -2.32. The molecule has 0 aromatic carbocycles. The van der Waals surface area contributed by atoms with E-state index >= 15 is 0 Å². The first-order valence-corrected chi connectivity index (χ1v) is 8.02. The average Bonchev–Trinajstić information content (AvgIpc) is 2.37. The maximum absolute atomic E-state index is 12.7. The second-order valence-corrected chi connectivity index (χ2v) is 6.91. The zero-order valence-corrected chi connectivity index (χ0v) is 11.5. The molecule has 0 aromatic rings. The van der Waals surface area contributed by atoms with Crippen LogP contribution in [0, 0.1) is 5.92 Å². The van der Waals surface area contributed by atoms with Crippen molar-refractivity contribution in [2.45, 2.75) is 62.4 Å². The van der Waals surface area contributed by atoms with Crippen LogP contribution in [0.3, 0.4) is 0 Å². The Bertz CT molecular complexity index is 251. The van der Waals surface area contributed by atoms with Crippen molar-refractivity contribution in [2.75, 3.05) is 12.3 Å². The monoisotopic (exact) mass is 281 g/mol. The lowest BCUT2D eigenvalue weighted by atomic mass is 9.85. The second kappa shape index (κ2) is 6.51. The largest absolute Gasteiger partial charge is 0.391 e. The van der Waals surface area contributed by atoms with Gasteiger partial charge in [0, 0.05) is 17.8 Å². The van der Waals surface area contributed by atoms with Crippen LogP contribution in [0.5, 0.6) is 0 Å². The number of rotatable bonds is 3. The Kier molecular flexibility index (Phi) is 5.24. The van der Waals surface area contributed by atoms with Crippen LogP contribution in [0.2, 0.25) is 0 Å². The molecule has 2 aliphatic rings. The molecule has 1 nitrogen and oxygen atoms in total. The number of halogens is 3. The predicted molar refractivity (Wildman–Crippen MR) is 69.9 cm³/mol. The Hall–Kier alpha value is 0.100. The third-order valence-electron chi connectivity index (χ3n) is 4.05. The zero-order chi connectivity index (χ0) is 13.0. The molecule has 2 rings (SSSR count). The van der Waals surface area contributed by atoms with Crippen molar-refractivity contribution in [2.24, 2.45) is 5.92 Å². The number of thioether (sulfide) groups is 1. The van der Waals surface area contributed by atoms with E-state index in [0.29, 0.717) is 18.1 Å². The summed E-state index contributed by atoms with van der Waals surface area (Å²) in [6, 6.07) is 0.0768. The molecule has 5 heteroatoms. The van der Waals surface area contributed by atoms with E-state index in [0.717, 1.165) is 13.0 Å². The predicted octanol–water partition coefficient (Wildman–Crippen LogP) is 3.98. The smallest absolute Gasteiger partial charge is 0.313 e. The van der Waals surface area contributed by atoms with Gasteiger partial charge in [0.2, 0.25) is 0 Å². The molecule has 106 valence electrons. The van der Waals surface area contributed by atoms with Crippen LogP contribution in [0.15, 0.2) is 0 Å². The quantitative estimate of drug-likeness (QED) is 0.839. The Morgan fingerprint density at radius 2 is 1.89 bits per heavy atom. The number of hydrogen-bond acceptors (Lipinski definition) is 2. The minimum absolute atomic E-state index is 0.0768. The summed E-state index contributed by atoms with van der Waals surface area (Å²) in [5.74, 6) is 0.130. The van der Waals surface area contributed by atoms with Gasteiger partial charge in [-0.15, -0.1) is 0 Å². The van der Waals surface area contributed by atoms with Gasteiger partial charge in [-0.2, -0.15) is 24.9 Å². The van der Waals surface area contributed by atoms with E-state index < -0.39 is 12.1 Å². The Morgan fingerprint density at radius 1 is 1.06 bits per heavy atom. The molecule has 3 unspecified atom stereocenters. The molecule has 0 aromatic heterocycles. The lowest BCUT2D eigenvalue weighted by molar-refractivity contribution is -0.183. The normalized spacial score (nSPS) is 34.5. The van der Waals surface area contributed by atoms with E-state index in [1.54, 1.807) is 0 Å². The van der Waals surface area contributed by atoms with Gasteiger partial charge in [-0.25, -0.2) is 0 Å². The first-order valence-electron chi connectivity index (χ1n) is 6.97. The maximum atomic E-state index is 12.7. The highest BCUT2D eigenvalue weighted by Gasteiger charge is 2.42. The van der Waals surface area contributed by atoms with Gasteiger partial charge in [0.25, 0.3) is 0 Å². The summed E-state index contributed by atoms with van der Waals surface area (Å²) in [5.41, 5.74) is 0. The number of alkyl halides is 3. The highest BCUT2D eigenvalue weighted by Crippen LogP contribution is 2.37. The van der Waals surface area contributed by atoms with Crippen molar-refractivity contribution < 1.29 is 13.2 Å². The summed E-state index contributed by atoms with van der Waals surface area (Å²) in [7, 11) is 0. The standard InChI is InChI=1S/C13H22F3NS/c14-13(15,16)10-4-3-5-11(8-10)17-9-12-6-1-2-7-18-12/h10-12,17H,1-9H2. The Morgan fingerprint density at radius 3 is 2.56 bits per heavy atom. The van der Waals surface area contributed by atoms with E-state index in [1.165, 1.54) is 25.0 Å². The van der Waals surface area contributed by atoms with Gasteiger partial charge in [-0.05, 0) is 37.9 Å². The van der Waals surface area contributed by atoms with Crippen molar-refractivity contribution in [3.63, 3.8) is 0 Å². The minimum Gasteiger partial charge on any atom is -0.313 e. The summed E-state index contributed by atoms with van der Waals surface area (Å²) in [6.07, 6.45) is 1.99. The second-order valence-electron chi connectivity index (χ2n) is 5.50. The molecule has 1 N–H and O–H groups in total. The maximum Gasteiger partial charge on any atom is 0.391 e. The molecule has 1 aliphatic heterocycles. The molecule has 3 atom stereocenters. The summed E-state index contributed by atoms with van der Waals surface area (Å²) in [4.78, 5) is 0. The molecule has 2 fully saturated rings. The molecule has 0 spiro atoms. The Balaban J connectivity index is 1.72. The van der Waals surface area contributed by atoms with Gasteiger partial charge < -0.3 is 5.32 Å². The third-order valence-corrected chi connectivity index (χ3v) is 5.44. The van der Waals surface area contributed by atoms with Gasteiger partial charge in [0.05, 0.1) is 5.92 Å². The number of hydrogen-bond donors (Lipinski definition) is 1. The van der Waals surface area contributed by atoms with Crippen molar-refractivity contribution in [3.8, 4) is 0 Å². The van der Waals surface area contributed by atoms with Gasteiger partial charge in [-0.1, -0.05) is 12.8 Å². The fraction of sp³-hybridized carbons (Fsp3) is 1.00. The van der Waals surface area contributed by atoms with E-state index in [1.807, 2.05) is 11.8 Å². The van der Waals surface area contributed by atoms with Crippen LogP contribution in [0.25, 0.3) is 0 Å². The Labute approximate surface area is 111 Å². The van der Waals surface area contributed by atoms with E-state index in [2.05, 4.69) is 5.32 Å². The van der Waals surface area contributed by atoms with E-state index in [9.17, 15) is 13.2 Å². The van der Waals surface area contributed by atoms with Crippen LogP contribution in [-0.4, -0.2) is 29.8 Å². The summed E-state index contributed by atoms with van der Waals surface area (Å²) >= 11 is 1.97. The van der Waals surface area contributed by atoms with Gasteiger partial charge in [-0.3, -0.25) is 0 Å². The summed E-state index contributed by atoms with van der Waals surface area (Å²) in [6.45, 7) is 0.889. The molecule has 0 radical (unpaired) electrons. The van der Waals surface area contributed by atoms with Crippen LogP contribution >= 0.6 is 11.8 Å². The zero-order valence-electron chi connectivity index (χ0n) is 10.6. The van der Waals surface area contributed by atoms with Gasteiger partial charge in [0.15, 0.2) is 0 Å². The molecule has 18 heavy (non-hydrogen) atoms. The molecule has 0 amide bonds. The molecule has 1 saturated heterocycles. The van der Waals surface area contributed by atoms with Crippen LogP contribution in [-0.2, 0) is 0 Å². The molecular formula is C13H22F3NS. The summed E-state index contributed by atoms with van der Waals surface area (Å²) < 4.78 is 38.0. The average molecular weight is 281 g/mol. The SMILES string of the molecule is FC(F)(F)C1CCCC(NCC2CCCCS2)C1. The fourth-order valence-corrected chi connectivity index (χ4v) is 4.19. The molecule has 1 aliphatic carbocycles. The molecule has 1 saturated carbocycles. The van der Waals surface area contributed by atoms with E-state index in [4.69, 9.17) is 0 Å².